The molecule has 2 aliphatic heterocycles. The summed E-state index contributed by atoms with van der Waals surface area (Å²) in [5.74, 6) is -0.621. The number of hydrogen-bond acceptors (Lipinski definition) is 8. The number of Topliss-reactive ketones (excluding diaryl/α,β-unsaturated/α-hetero) is 1. The van der Waals surface area contributed by atoms with Gasteiger partial charge in [-0.05, 0) is 149 Å². The van der Waals surface area contributed by atoms with Gasteiger partial charge in [-0.1, -0.05) is 30.3 Å². The molecule has 4 aliphatic carbocycles. The number of carbonyl (C=O) groups is 4. The lowest BCUT2D eigenvalue weighted by Crippen LogP contribution is -2.34. The zero-order valence-corrected chi connectivity index (χ0v) is 38.0. The Morgan fingerprint density at radius 2 is 1.14 bits per heavy atom. The number of benzene rings is 2. The van der Waals surface area contributed by atoms with Gasteiger partial charge in [-0.2, -0.15) is 0 Å². The maximum absolute atomic E-state index is 14.0. The Labute approximate surface area is 375 Å². The van der Waals surface area contributed by atoms with E-state index in [0.29, 0.717) is 30.4 Å². The first-order valence-electron chi connectivity index (χ1n) is 23.7. The molecule has 13 nitrogen and oxygen atoms in total. The lowest BCUT2D eigenvalue weighted by molar-refractivity contribution is -0.149. The normalized spacial score (nSPS) is 27.2. The van der Waals surface area contributed by atoms with Crippen LogP contribution in [0, 0.1) is 35.5 Å². The molecule has 338 valence electrons. The van der Waals surface area contributed by atoms with Crippen LogP contribution in [0.3, 0.4) is 0 Å². The smallest absolute Gasteiger partial charge is 0.309 e. The fraction of sp³-hybridized carbons (Fsp3) is 0.569. The highest BCUT2D eigenvalue weighted by molar-refractivity contribution is 6.03. The summed E-state index contributed by atoms with van der Waals surface area (Å²) < 4.78 is 3.93. The van der Waals surface area contributed by atoms with Crippen LogP contribution in [-0.4, -0.2) is 88.9 Å². The number of carboxylic acid groups (broad SMARTS) is 2. The summed E-state index contributed by atoms with van der Waals surface area (Å²) in [6.07, 6.45) is 12.8. The Bertz CT molecular complexity index is 2390. The Morgan fingerprint density at radius 3 is 1.66 bits per heavy atom. The van der Waals surface area contributed by atoms with E-state index in [1.165, 1.54) is 0 Å². The van der Waals surface area contributed by atoms with Crippen molar-refractivity contribution in [3.63, 3.8) is 0 Å². The van der Waals surface area contributed by atoms with Gasteiger partial charge in [0.15, 0.2) is 11.6 Å². The summed E-state index contributed by atoms with van der Waals surface area (Å²) in [4.78, 5) is 66.6. The molecule has 4 fully saturated rings. The van der Waals surface area contributed by atoms with Gasteiger partial charge in [0.05, 0.1) is 22.2 Å². The molecule has 2 aromatic carbocycles. The molecule has 3 N–H and O–H groups in total. The third-order valence-electron chi connectivity index (χ3n) is 17.6. The second-order valence-electron chi connectivity index (χ2n) is 21.0. The summed E-state index contributed by atoms with van der Waals surface area (Å²) >= 11 is 0. The van der Waals surface area contributed by atoms with Crippen molar-refractivity contribution in [3.05, 3.63) is 87.5 Å². The van der Waals surface area contributed by atoms with Crippen molar-refractivity contribution in [3.8, 4) is 11.1 Å². The van der Waals surface area contributed by atoms with Gasteiger partial charge in [0.2, 0.25) is 5.78 Å². The van der Waals surface area contributed by atoms with Crippen molar-refractivity contribution in [2.45, 2.75) is 123 Å². The first kappa shape index (κ1) is 42.8. The van der Waals surface area contributed by atoms with Gasteiger partial charge in [-0.25, -0.2) is 9.97 Å². The van der Waals surface area contributed by atoms with Gasteiger partial charge in [-0.15, -0.1) is 0 Å². The highest BCUT2D eigenvalue weighted by Gasteiger charge is 2.59. The first-order chi connectivity index (χ1) is 30.6. The number of carbonyl (C=O) groups excluding carboxylic acids is 2. The third-order valence-corrected chi connectivity index (χ3v) is 17.6. The summed E-state index contributed by atoms with van der Waals surface area (Å²) in [5, 5.41) is 22.9. The number of aromatic nitrogens is 4. The lowest BCUT2D eigenvalue weighted by Gasteiger charge is -2.32. The molecule has 4 bridgehead atoms. The van der Waals surface area contributed by atoms with Crippen LogP contribution in [0.25, 0.3) is 11.1 Å². The minimum Gasteiger partial charge on any atom is -0.481 e. The first-order valence-corrected chi connectivity index (χ1v) is 23.7. The topological polar surface area (TPSA) is 163 Å². The van der Waals surface area contributed by atoms with Gasteiger partial charge < -0.3 is 24.7 Å². The van der Waals surface area contributed by atoms with Gasteiger partial charge in [0.1, 0.15) is 0 Å². The molecule has 6 aliphatic rings. The molecule has 4 heterocycles. The fourth-order valence-corrected chi connectivity index (χ4v) is 13.4. The predicted molar refractivity (Wildman–Crippen MR) is 242 cm³/mol. The Balaban J connectivity index is 0.779. The van der Waals surface area contributed by atoms with Gasteiger partial charge >= 0.3 is 11.9 Å². The summed E-state index contributed by atoms with van der Waals surface area (Å²) in [6, 6.07) is 12.0. The number of imidazole rings is 2. The van der Waals surface area contributed by atoms with Gasteiger partial charge in [0.25, 0.3) is 5.91 Å². The molecular formula is C51H63N7O6. The van der Waals surface area contributed by atoms with Crippen LogP contribution in [0.15, 0.2) is 36.4 Å². The molecular weight excluding hydrogens is 807 g/mol. The Morgan fingerprint density at radius 1 is 0.656 bits per heavy atom. The fourth-order valence-electron chi connectivity index (χ4n) is 13.4. The number of rotatable bonds is 14. The number of carboxylic acids is 2. The van der Waals surface area contributed by atoms with Crippen molar-refractivity contribution in [2.75, 3.05) is 31.5 Å². The molecule has 64 heavy (non-hydrogen) atoms. The third kappa shape index (κ3) is 7.21. The quantitative estimate of drug-likeness (QED) is 0.107. The van der Waals surface area contributed by atoms with Crippen molar-refractivity contribution in [1.29, 1.82) is 0 Å². The maximum Gasteiger partial charge on any atom is 0.309 e. The van der Waals surface area contributed by atoms with Crippen molar-refractivity contribution >= 4 is 29.3 Å². The lowest BCUT2D eigenvalue weighted by atomic mass is 9.80. The molecule has 0 radical (unpaired) electrons. The number of ketones is 1. The summed E-state index contributed by atoms with van der Waals surface area (Å²) in [6.45, 7) is 9.11. The van der Waals surface area contributed by atoms with Crippen LogP contribution in [0.2, 0.25) is 0 Å². The molecule has 2 aromatic heterocycles. The second-order valence-corrected chi connectivity index (χ2v) is 21.0. The number of amides is 1. The Kier molecular flexibility index (Phi) is 10.6. The molecule has 0 atom stereocenters. The SMILES string of the molecule is Cc1c(CC(=O)c2nc3c(n2C)CCN(CCC24CCC(C(=O)O)(CC2)C4)C3)cccc1-c1cccc(NC(=O)c2nc3c(n2C)CCN(CCC24CCC(C(=O)O)(CC2)C4)C3)c1C. The van der Waals surface area contributed by atoms with Crippen LogP contribution in [0.5, 0.6) is 0 Å². The number of anilines is 1. The standard InChI is InChI=1S/C51H63N7O6/c1-32-34(27-42(59)43-52-38-28-57(23-11-40(38)55(43)3)25-21-48-13-17-50(30-48,18-14-48)46(61)62)7-5-8-35(32)36-9-6-10-37(33(36)2)54-45(60)44-53-39-29-58(24-12-41(39)56(44)4)26-22-49-15-19-51(31-49,20-16-49)47(63)64/h5-10H,11-31H2,1-4H3,(H,54,60)(H,61,62)(H,63,64). The zero-order chi connectivity index (χ0) is 44.8. The van der Waals surface area contributed by atoms with Crippen LogP contribution in [0.1, 0.15) is 138 Å². The van der Waals surface area contributed by atoms with E-state index < -0.39 is 22.8 Å². The van der Waals surface area contributed by atoms with Gasteiger partial charge in [0, 0.05) is 76.6 Å². The summed E-state index contributed by atoms with van der Waals surface area (Å²) in [5.41, 5.74) is 9.02. The van der Waals surface area contributed by atoms with Crippen LogP contribution < -0.4 is 5.32 Å². The molecule has 13 heteroatoms. The highest BCUT2D eigenvalue weighted by Crippen LogP contribution is 2.64. The molecule has 0 unspecified atom stereocenters. The average molecular weight is 870 g/mol. The number of nitrogens with one attached hydrogen (secondary N) is 1. The molecule has 10 rings (SSSR count). The van der Waals surface area contributed by atoms with Crippen LogP contribution in [0.4, 0.5) is 5.69 Å². The van der Waals surface area contributed by atoms with E-state index in [9.17, 15) is 29.4 Å². The largest absolute Gasteiger partial charge is 0.481 e. The molecule has 0 saturated heterocycles. The van der Waals surface area contributed by atoms with E-state index in [0.717, 1.165) is 167 Å². The van der Waals surface area contributed by atoms with E-state index in [1.54, 1.807) is 0 Å². The minimum absolute atomic E-state index is 0.0164. The number of nitrogens with zero attached hydrogens (tertiary/aromatic N) is 6. The predicted octanol–water partition coefficient (Wildman–Crippen LogP) is 7.68. The van der Waals surface area contributed by atoms with Crippen molar-refractivity contribution in [1.82, 2.24) is 28.9 Å². The average Bonchev–Trinajstić information content (AvgIpc) is 4.15. The Hall–Kier alpha value is -5.14. The maximum atomic E-state index is 14.0. The van der Waals surface area contributed by atoms with Gasteiger partial charge in [-0.3, -0.25) is 29.0 Å². The van der Waals surface area contributed by atoms with E-state index in [2.05, 4.69) is 34.2 Å². The van der Waals surface area contributed by atoms with E-state index in [4.69, 9.17) is 9.97 Å². The van der Waals surface area contributed by atoms with Crippen molar-refractivity contribution < 1.29 is 29.4 Å². The van der Waals surface area contributed by atoms with Crippen LogP contribution >= 0.6 is 0 Å². The number of fused-ring (bicyclic) bond motifs is 6. The number of aliphatic carboxylic acids is 2. The molecule has 1 amide bonds. The summed E-state index contributed by atoms with van der Waals surface area (Å²) in [7, 11) is 3.88. The molecule has 4 saturated carbocycles. The molecule has 0 spiro atoms. The van der Waals surface area contributed by atoms with E-state index in [1.807, 2.05) is 54.4 Å². The highest BCUT2D eigenvalue weighted by atomic mass is 16.4. The zero-order valence-electron chi connectivity index (χ0n) is 38.0. The monoisotopic (exact) mass is 869 g/mol. The molecule has 4 aromatic rings. The number of hydrogen-bond donors (Lipinski definition) is 3. The van der Waals surface area contributed by atoms with Crippen LogP contribution in [-0.2, 0) is 56.0 Å². The van der Waals surface area contributed by atoms with Crippen molar-refractivity contribution in [2.24, 2.45) is 35.8 Å². The minimum atomic E-state index is -0.616. The second kappa shape index (κ2) is 15.8. The van der Waals surface area contributed by atoms with E-state index in [-0.39, 0.29) is 28.9 Å². The van der Waals surface area contributed by atoms with E-state index >= 15 is 0 Å².